The molecule has 4 heterocycles. The Morgan fingerprint density at radius 3 is 2.69 bits per heavy atom. The Labute approximate surface area is 175 Å². The lowest BCUT2D eigenvalue weighted by Crippen LogP contribution is -2.04. The molecule has 0 saturated carbocycles. The van der Waals surface area contributed by atoms with Gasteiger partial charge in [0, 0.05) is 5.75 Å². The van der Waals surface area contributed by atoms with E-state index in [0.29, 0.717) is 29.8 Å². The number of hydrogen-bond acceptors (Lipinski definition) is 7. The van der Waals surface area contributed by atoms with Crippen LogP contribution in [0.4, 0.5) is 0 Å². The normalized spacial score (nSPS) is 11.2. The van der Waals surface area contributed by atoms with E-state index in [9.17, 15) is 0 Å². The van der Waals surface area contributed by atoms with Gasteiger partial charge in [-0.2, -0.15) is 0 Å². The van der Waals surface area contributed by atoms with Crippen molar-refractivity contribution in [3.8, 4) is 22.4 Å². The molecule has 29 heavy (non-hydrogen) atoms. The SMILES string of the molecule is c1ccc(Cn2c(SCc3coc(-c4cccs4)n3)nnc2-c2ccco2)cc1. The first-order valence-electron chi connectivity index (χ1n) is 8.99. The van der Waals surface area contributed by atoms with Crippen molar-refractivity contribution < 1.29 is 8.83 Å². The van der Waals surface area contributed by atoms with Gasteiger partial charge in [0.25, 0.3) is 0 Å². The van der Waals surface area contributed by atoms with Gasteiger partial charge in [0.2, 0.25) is 11.7 Å². The van der Waals surface area contributed by atoms with Crippen LogP contribution in [-0.4, -0.2) is 19.7 Å². The summed E-state index contributed by atoms with van der Waals surface area (Å²) in [7, 11) is 0. The van der Waals surface area contributed by atoms with Gasteiger partial charge in [-0.3, -0.25) is 4.57 Å². The lowest BCUT2D eigenvalue weighted by Gasteiger charge is -2.08. The lowest BCUT2D eigenvalue weighted by atomic mass is 10.2. The standard InChI is InChI=1S/C21H16N4O2S2/c1-2-6-15(7-3-1)12-25-19(17-8-4-10-26-17)23-24-21(25)29-14-16-13-27-20(22-16)18-9-5-11-28-18/h1-11,13H,12,14H2. The van der Waals surface area contributed by atoms with Gasteiger partial charge < -0.3 is 8.83 Å². The summed E-state index contributed by atoms with van der Waals surface area (Å²) >= 11 is 3.19. The van der Waals surface area contributed by atoms with Crippen LogP contribution < -0.4 is 0 Å². The maximum Gasteiger partial charge on any atom is 0.236 e. The first kappa shape index (κ1) is 18.0. The molecule has 0 saturated heterocycles. The molecule has 6 nitrogen and oxygen atoms in total. The Balaban J connectivity index is 1.39. The minimum absolute atomic E-state index is 0.639. The van der Waals surface area contributed by atoms with E-state index >= 15 is 0 Å². The highest BCUT2D eigenvalue weighted by atomic mass is 32.2. The van der Waals surface area contributed by atoms with Crippen LogP contribution in [-0.2, 0) is 12.3 Å². The van der Waals surface area contributed by atoms with Crippen molar-refractivity contribution in [1.29, 1.82) is 0 Å². The predicted molar refractivity (Wildman–Crippen MR) is 113 cm³/mol. The van der Waals surface area contributed by atoms with Crippen LogP contribution in [0.3, 0.4) is 0 Å². The largest absolute Gasteiger partial charge is 0.461 e. The zero-order valence-electron chi connectivity index (χ0n) is 15.3. The third-order valence-electron chi connectivity index (χ3n) is 4.27. The molecule has 0 atom stereocenters. The van der Waals surface area contributed by atoms with Gasteiger partial charge in [-0.05, 0) is 29.1 Å². The van der Waals surface area contributed by atoms with E-state index in [4.69, 9.17) is 8.83 Å². The summed E-state index contributed by atoms with van der Waals surface area (Å²) in [6.45, 7) is 0.658. The quantitative estimate of drug-likeness (QED) is 0.319. The number of benzene rings is 1. The number of aromatic nitrogens is 4. The van der Waals surface area contributed by atoms with Gasteiger partial charge in [0.15, 0.2) is 10.9 Å². The Morgan fingerprint density at radius 2 is 1.90 bits per heavy atom. The number of nitrogens with zero attached hydrogens (tertiary/aromatic N) is 4. The Hall–Kier alpha value is -3.10. The highest BCUT2D eigenvalue weighted by molar-refractivity contribution is 7.98. The molecule has 0 aliphatic rings. The van der Waals surface area contributed by atoms with E-state index in [2.05, 4.69) is 31.9 Å². The second-order valence-electron chi connectivity index (χ2n) is 6.27. The number of oxazole rings is 1. The van der Waals surface area contributed by atoms with E-state index in [-0.39, 0.29) is 0 Å². The predicted octanol–water partition coefficient (Wildman–Crippen LogP) is 5.60. The summed E-state index contributed by atoms with van der Waals surface area (Å²) in [5, 5.41) is 11.6. The monoisotopic (exact) mass is 420 g/mol. The molecule has 8 heteroatoms. The van der Waals surface area contributed by atoms with E-state index in [1.165, 1.54) is 5.56 Å². The molecule has 1 aromatic carbocycles. The van der Waals surface area contributed by atoms with Crippen LogP contribution >= 0.6 is 23.1 Å². The molecule has 4 aromatic heterocycles. The van der Waals surface area contributed by atoms with Crippen LogP contribution in [0.2, 0.25) is 0 Å². The second-order valence-corrected chi connectivity index (χ2v) is 8.16. The number of hydrogen-bond donors (Lipinski definition) is 0. The molecule has 0 unspecified atom stereocenters. The van der Waals surface area contributed by atoms with Crippen molar-refractivity contribution >= 4 is 23.1 Å². The molecule has 5 aromatic rings. The fraction of sp³-hybridized carbons (Fsp3) is 0.0952. The van der Waals surface area contributed by atoms with Crippen LogP contribution in [0.5, 0.6) is 0 Å². The van der Waals surface area contributed by atoms with E-state index in [1.54, 1.807) is 35.6 Å². The molecule has 0 bridgehead atoms. The lowest BCUT2D eigenvalue weighted by molar-refractivity contribution is 0.569. The van der Waals surface area contributed by atoms with Gasteiger partial charge in [-0.15, -0.1) is 21.5 Å². The third kappa shape index (κ3) is 3.90. The van der Waals surface area contributed by atoms with Crippen LogP contribution in [0, 0.1) is 0 Å². The number of rotatable bonds is 7. The van der Waals surface area contributed by atoms with Crippen molar-refractivity contribution in [1.82, 2.24) is 19.7 Å². The van der Waals surface area contributed by atoms with Crippen molar-refractivity contribution in [2.24, 2.45) is 0 Å². The Bertz CT molecular complexity index is 1180. The van der Waals surface area contributed by atoms with Gasteiger partial charge in [0.05, 0.1) is 23.4 Å². The minimum Gasteiger partial charge on any atom is -0.461 e. The maximum atomic E-state index is 5.62. The zero-order chi connectivity index (χ0) is 19.5. The van der Waals surface area contributed by atoms with Crippen molar-refractivity contribution in [3.05, 3.63) is 83.8 Å². The van der Waals surface area contributed by atoms with Gasteiger partial charge in [-0.1, -0.05) is 48.2 Å². The molecule has 0 radical (unpaired) electrons. The summed E-state index contributed by atoms with van der Waals surface area (Å²) in [5.74, 6) is 2.69. The average Bonchev–Trinajstić information content (AvgIpc) is 3.54. The van der Waals surface area contributed by atoms with Crippen molar-refractivity contribution in [2.75, 3.05) is 0 Å². The number of thioether (sulfide) groups is 1. The van der Waals surface area contributed by atoms with Crippen LogP contribution in [0.25, 0.3) is 22.4 Å². The third-order valence-corrected chi connectivity index (χ3v) is 6.13. The second kappa shape index (κ2) is 8.10. The number of thiophene rings is 1. The summed E-state index contributed by atoms with van der Waals surface area (Å²) in [6.07, 6.45) is 3.35. The maximum absolute atomic E-state index is 5.62. The van der Waals surface area contributed by atoms with E-state index in [0.717, 1.165) is 15.7 Å². The Kier molecular flexibility index (Phi) is 5.02. The first-order chi connectivity index (χ1) is 14.4. The molecule has 0 fully saturated rings. The van der Waals surface area contributed by atoms with Crippen LogP contribution in [0.15, 0.2) is 86.5 Å². The fourth-order valence-corrected chi connectivity index (χ4v) is 4.39. The fourth-order valence-electron chi connectivity index (χ4n) is 2.92. The average molecular weight is 421 g/mol. The Morgan fingerprint density at radius 1 is 0.966 bits per heavy atom. The molecule has 144 valence electrons. The summed E-state index contributed by atoms with van der Waals surface area (Å²) in [6, 6.07) is 18.0. The first-order valence-corrected chi connectivity index (χ1v) is 10.9. The molecule has 5 rings (SSSR count). The van der Waals surface area contributed by atoms with Crippen molar-refractivity contribution in [3.63, 3.8) is 0 Å². The molecule has 0 aliphatic heterocycles. The number of furan rings is 1. The van der Waals surface area contributed by atoms with Gasteiger partial charge in [-0.25, -0.2) is 4.98 Å². The van der Waals surface area contributed by atoms with E-state index in [1.807, 2.05) is 47.8 Å². The highest BCUT2D eigenvalue weighted by Crippen LogP contribution is 2.29. The molecule has 0 N–H and O–H groups in total. The minimum atomic E-state index is 0.639. The van der Waals surface area contributed by atoms with E-state index < -0.39 is 0 Å². The molecule has 0 amide bonds. The topological polar surface area (TPSA) is 69.9 Å². The van der Waals surface area contributed by atoms with Crippen LogP contribution in [0.1, 0.15) is 11.3 Å². The summed E-state index contributed by atoms with van der Waals surface area (Å²) in [4.78, 5) is 5.61. The molecule has 0 spiro atoms. The zero-order valence-corrected chi connectivity index (χ0v) is 16.9. The summed E-state index contributed by atoms with van der Waals surface area (Å²) in [5.41, 5.74) is 2.04. The van der Waals surface area contributed by atoms with Crippen molar-refractivity contribution in [2.45, 2.75) is 17.5 Å². The summed E-state index contributed by atoms with van der Waals surface area (Å²) < 4.78 is 13.2. The van der Waals surface area contributed by atoms with Gasteiger partial charge >= 0.3 is 0 Å². The molecular formula is C21H16N4O2S2. The molecule has 0 aliphatic carbocycles. The van der Waals surface area contributed by atoms with Gasteiger partial charge in [0.1, 0.15) is 6.26 Å². The molecular weight excluding hydrogens is 404 g/mol. The smallest absolute Gasteiger partial charge is 0.236 e. The highest BCUT2D eigenvalue weighted by Gasteiger charge is 2.17.